The molecule has 0 saturated heterocycles. The van der Waals surface area contributed by atoms with Gasteiger partial charge in [0.2, 0.25) is 0 Å². The number of ether oxygens (including phenoxy) is 1. The molecule has 0 bridgehead atoms. The number of hydrogen-bond acceptors (Lipinski definition) is 5. The van der Waals surface area contributed by atoms with Crippen molar-refractivity contribution in [3.8, 4) is 6.07 Å². The molecule has 0 unspecified atom stereocenters. The normalized spacial score (nSPS) is 10.2. The van der Waals surface area contributed by atoms with Gasteiger partial charge in [-0.1, -0.05) is 0 Å². The van der Waals surface area contributed by atoms with E-state index < -0.39 is 18.0 Å². The average Bonchev–Trinajstić information content (AvgIpc) is 2.36. The number of rotatable bonds is 4. The van der Waals surface area contributed by atoms with Gasteiger partial charge in [0, 0.05) is 23.9 Å². The van der Waals surface area contributed by atoms with E-state index in [1.807, 2.05) is 0 Å². The highest BCUT2D eigenvalue weighted by Gasteiger charge is 2.24. The summed E-state index contributed by atoms with van der Waals surface area (Å²) in [7, 11) is 0. The van der Waals surface area contributed by atoms with Gasteiger partial charge >= 0.3 is 5.97 Å². The van der Waals surface area contributed by atoms with Crippen molar-refractivity contribution < 1.29 is 18.3 Å². The van der Waals surface area contributed by atoms with Crippen LogP contribution in [0.25, 0.3) is 0 Å². The zero-order valence-electron chi connectivity index (χ0n) is 9.61. The van der Waals surface area contributed by atoms with E-state index >= 15 is 0 Å². The van der Waals surface area contributed by atoms with Crippen LogP contribution in [-0.4, -0.2) is 17.6 Å². The van der Waals surface area contributed by atoms with Crippen molar-refractivity contribution in [1.29, 1.82) is 5.26 Å². The Kier molecular flexibility index (Phi) is 4.68. The number of nitriles is 1. The third-order valence-corrected chi connectivity index (χ3v) is 2.24. The van der Waals surface area contributed by atoms with Crippen LogP contribution >= 0.6 is 0 Å². The highest BCUT2D eigenvalue weighted by atomic mass is 19.3. The SMILES string of the molecule is CCOC(=O)c1ncc(C#N)c(C(F)F)c1CN. The quantitative estimate of drug-likeness (QED) is 0.824. The molecule has 5 nitrogen and oxygen atoms in total. The Hall–Kier alpha value is -2.07. The van der Waals surface area contributed by atoms with Gasteiger partial charge in [0.15, 0.2) is 5.69 Å². The van der Waals surface area contributed by atoms with Gasteiger partial charge in [0.05, 0.1) is 12.2 Å². The van der Waals surface area contributed by atoms with E-state index in [-0.39, 0.29) is 30.0 Å². The van der Waals surface area contributed by atoms with Crippen LogP contribution in [0.5, 0.6) is 0 Å². The number of halogens is 2. The maximum atomic E-state index is 12.9. The second kappa shape index (κ2) is 6.02. The summed E-state index contributed by atoms with van der Waals surface area (Å²) in [6, 6.07) is 1.60. The smallest absolute Gasteiger partial charge is 0.357 e. The lowest BCUT2D eigenvalue weighted by Crippen LogP contribution is -2.16. The summed E-state index contributed by atoms with van der Waals surface area (Å²) in [5.74, 6) is -0.829. The van der Waals surface area contributed by atoms with Gasteiger partial charge in [-0.25, -0.2) is 18.6 Å². The number of nitrogens with two attached hydrogens (primary N) is 1. The number of carbonyl (C=O) groups is 1. The molecule has 0 atom stereocenters. The van der Waals surface area contributed by atoms with E-state index in [9.17, 15) is 13.6 Å². The summed E-state index contributed by atoms with van der Waals surface area (Å²) in [5.41, 5.74) is 4.09. The maximum Gasteiger partial charge on any atom is 0.357 e. The molecule has 1 aromatic rings. The molecule has 0 fully saturated rings. The van der Waals surface area contributed by atoms with Crippen molar-refractivity contribution in [1.82, 2.24) is 4.98 Å². The highest BCUT2D eigenvalue weighted by molar-refractivity contribution is 5.89. The summed E-state index contributed by atoms with van der Waals surface area (Å²) < 4.78 is 30.5. The molecule has 0 radical (unpaired) electrons. The Morgan fingerprint density at radius 2 is 2.33 bits per heavy atom. The molecule has 0 aromatic carbocycles. The van der Waals surface area contributed by atoms with Gasteiger partial charge in [0.25, 0.3) is 6.43 Å². The third-order valence-electron chi connectivity index (χ3n) is 2.24. The second-order valence-corrected chi connectivity index (χ2v) is 3.25. The minimum atomic E-state index is -2.91. The first kappa shape index (κ1) is 14.0. The predicted molar refractivity (Wildman–Crippen MR) is 57.8 cm³/mol. The van der Waals surface area contributed by atoms with Gasteiger partial charge in [-0.3, -0.25) is 0 Å². The van der Waals surface area contributed by atoms with Crippen LogP contribution in [0.2, 0.25) is 0 Å². The first-order valence-electron chi connectivity index (χ1n) is 5.14. The molecule has 1 heterocycles. The monoisotopic (exact) mass is 255 g/mol. The fraction of sp³-hybridized carbons (Fsp3) is 0.364. The fourth-order valence-electron chi connectivity index (χ4n) is 1.49. The first-order valence-corrected chi connectivity index (χ1v) is 5.14. The van der Waals surface area contributed by atoms with Gasteiger partial charge in [-0.2, -0.15) is 5.26 Å². The number of pyridine rings is 1. The van der Waals surface area contributed by atoms with Gasteiger partial charge in [-0.05, 0) is 6.92 Å². The molecule has 0 aliphatic heterocycles. The molecule has 1 aromatic heterocycles. The van der Waals surface area contributed by atoms with Crippen molar-refractivity contribution >= 4 is 5.97 Å². The van der Waals surface area contributed by atoms with Crippen LogP contribution in [-0.2, 0) is 11.3 Å². The lowest BCUT2D eigenvalue weighted by Gasteiger charge is -2.12. The zero-order valence-corrected chi connectivity index (χ0v) is 9.61. The molecule has 0 aliphatic rings. The molecule has 2 N–H and O–H groups in total. The van der Waals surface area contributed by atoms with Crippen molar-refractivity contribution in [2.24, 2.45) is 5.73 Å². The average molecular weight is 255 g/mol. The number of alkyl halides is 2. The molecule has 0 amide bonds. The largest absolute Gasteiger partial charge is 0.461 e. The van der Waals surface area contributed by atoms with Crippen LogP contribution < -0.4 is 5.73 Å². The summed E-state index contributed by atoms with van der Waals surface area (Å²) in [6.07, 6.45) is -1.98. The summed E-state index contributed by atoms with van der Waals surface area (Å²) in [4.78, 5) is 15.2. The Morgan fingerprint density at radius 3 is 2.78 bits per heavy atom. The molecule has 96 valence electrons. The van der Waals surface area contributed by atoms with E-state index in [0.717, 1.165) is 6.20 Å². The molecular formula is C11H11F2N3O2. The minimum Gasteiger partial charge on any atom is -0.461 e. The second-order valence-electron chi connectivity index (χ2n) is 3.25. The number of nitrogens with zero attached hydrogens (tertiary/aromatic N) is 2. The number of esters is 1. The lowest BCUT2D eigenvalue weighted by atomic mass is 10.0. The minimum absolute atomic E-state index is 0.0918. The summed E-state index contributed by atoms with van der Waals surface area (Å²) in [5, 5.41) is 8.74. The standard InChI is InChI=1S/C11H11F2N3O2/c1-2-18-11(17)9-7(4-15)8(10(12)13)6(3-14)5-16-9/h5,10H,2,4,15H2,1H3. The number of aromatic nitrogens is 1. The van der Waals surface area contributed by atoms with Crippen molar-refractivity contribution in [2.45, 2.75) is 19.9 Å². The van der Waals surface area contributed by atoms with Crippen LogP contribution in [0.15, 0.2) is 6.20 Å². The Bertz CT molecular complexity index is 498. The van der Waals surface area contributed by atoms with Crippen molar-refractivity contribution in [2.75, 3.05) is 6.61 Å². The number of carbonyl (C=O) groups excluding carboxylic acids is 1. The highest BCUT2D eigenvalue weighted by Crippen LogP contribution is 2.28. The Balaban J connectivity index is 3.43. The maximum absolute atomic E-state index is 12.9. The number of hydrogen-bond donors (Lipinski definition) is 1. The molecule has 1 rings (SSSR count). The van der Waals surface area contributed by atoms with Crippen LogP contribution in [0.3, 0.4) is 0 Å². The van der Waals surface area contributed by atoms with Crippen LogP contribution in [0, 0.1) is 11.3 Å². The molecular weight excluding hydrogens is 244 g/mol. The van der Waals surface area contributed by atoms with Crippen molar-refractivity contribution in [3.05, 3.63) is 28.6 Å². The van der Waals surface area contributed by atoms with Crippen LogP contribution in [0.1, 0.15) is 40.5 Å². The topological polar surface area (TPSA) is 89.0 Å². The summed E-state index contributed by atoms with van der Waals surface area (Å²) >= 11 is 0. The van der Waals surface area contributed by atoms with Gasteiger partial charge < -0.3 is 10.5 Å². The Labute approximate surface area is 102 Å². The van der Waals surface area contributed by atoms with E-state index in [1.54, 1.807) is 13.0 Å². The van der Waals surface area contributed by atoms with Gasteiger partial charge in [-0.15, -0.1) is 0 Å². The zero-order chi connectivity index (χ0) is 13.7. The van der Waals surface area contributed by atoms with E-state index in [2.05, 4.69) is 4.98 Å². The van der Waals surface area contributed by atoms with E-state index in [4.69, 9.17) is 15.7 Å². The molecule has 18 heavy (non-hydrogen) atoms. The first-order chi connectivity index (χ1) is 8.56. The third kappa shape index (κ3) is 2.60. The Morgan fingerprint density at radius 1 is 1.67 bits per heavy atom. The van der Waals surface area contributed by atoms with Gasteiger partial charge in [0.1, 0.15) is 6.07 Å². The van der Waals surface area contributed by atoms with E-state index in [0.29, 0.717) is 0 Å². The summed E-state index contributed by atoms with van der Waals surface area (Å²) in [6.45, 7) is 1.35. The lowest BCUT2D eigenvalue weighted by molar-refractivity contribution is 0.0517. The molecule has 7 heteroatoms. The molecule has 0 spiro atoms. The van der Waals surface area contributed by atoms with E-state index in [1.165, 1.54) is 0 Å². The van der Waals surface area contributed by atoms with Crippen molar-refractivity contribution in [3.63, 3.8) is 0 Å². The predicted octanol–water partition coefficient (Wildman–Crippen LogP) is 1.53. The molecule has 0 saturated carbocycles. The fourth-order valence-corrected chi connectivity index (χ4v) is 1.49. The molecule has 0 aliphatic carbocycles. The van der Waals surface area contributed by atoms with Crippen LogP contribution in [0.4, 0.5) is 8.78 Å².